The van der Waals surface area contributed by atoms with Crippen LogP contribution in [0.25, 0.3) is 0 Å². The van der Waals surface area contributed by atoms with E-state index in [2.05, 4.69) is 19.2 Å². The fraction of sp³-hybridized carbons (Fsp3) is 0.600. The molecule has 1 aliphatic heterocycles. The lowest BCUT2D eigenvalue weighted by atomic mass is 9.88. The van der Waals surface area contributed by atoms with Crippen LogP contribution in [0.5, 0.6) is 0 Å². The summed E-state index contributed by atoms with van der Waals surface area (Å²) in [6.07, 6.45) is 1.94. The van der Waals surface area contributed by atoms with Crippen LogP contribution >= 0.6 is 0 Å². The Morgan fingerprint density at radius 3 is 2.38 bits per heavy atom. The van der Waals surface area contributed by atoms with Gasteiger partial charge in [-0.3, -0.25) is 0 Å². The van der Waals surface area contributed by atoms with Gasteiger partial charge in [0.25, 0.3) is 0 Å². The van der Waals surface area contributed by atoms with Crippen molar-refractivity contribution < 1.29 is 0 Å². The van der Waals surface area contributed by atoms with Gasteiger partial charge in [-0.2, -0.15) is 0 Å². The van der Waals surface area contributed by atoms with E-state index < -0.39 is 5.66 Å². The maximum Gasteiger partial charge on any atom is 0.124 e. The minimum Gasteiger partial charge on any atom is -0.399 e. The quantitative estimate of drug-likeness (QED) is 0.566. The molecule has 1 atom stereocenters. The predicted octanol–water partition coefficient (Wildman–Crippen LogP) is 1.04. The number of dihydropyridines is 1. The summed E-state index contributed by atoms with van der Waals surface area (Å²) >= 11 is 0. The van der Waals surface area contributed by atoms with Gasteiger partial charge in [0.2, 0.25) is 0 Å². The van der Waals surface area contributed by atoms with Gasteiger partial charge in [-0.1, -0.05) is 13.8 Å². The summed E-state index contributed by atoms with van der Waals surface area (Å²) in [5, 5.41) is 3.08. The van der Waals surface area contributed by atoms with Crippen LogP contribution < -0.4 is 16.8 Å². The molecule has 0 aromatic carbocycles. The first-order valence-electron chi connectivity index (χ1n) is 4.60. The molecule has 0 aromatic heterocycles. The Kier molecular flexibility index (Phi) is 2.39. The second-order valence-electron chi connectivity index (χ2n) is 4.16. The summed E-state index contributed by atoms with van der Waals surface area (Å²) in [6.45, 7) is 8.18. The summed E-state index contributed by atoms with van der Waals surface area (Å²) in [5.74, 6) is 0.418. The number of nitrogens with two attached hydrogens (primary N) is 2. The molecule has 1 aliphatic rings. The molecule has 1 unspecified atom stereocenters. The zero-order chi connectivity index (χ0) is 10.2. The Morgan fingerprint density at radius 2 is 2.00 bits per heavy atom. The zero-order valence-electron chi connectivity index (χ0n) is 8.81. The van der Waals surface area contributed by atoms with Crippen molar-refractivity contribution >= 4 is 0 Å². The van der Waals surface area contributed by atoms with Crippen LogP contribution in [0.1, 0.15) is 27.7 Å². The topological polar surface area (TPSA) is 64.1 Å². The van der Waals surface area contributed by atoms with E-state index in [1.54, 1.807) is 0 Å². The molecule has 1 heterocycles. The lowest BCUT2D eigenvalue weighted by Crippen LogP contribution is -2.55. The first-order chi connectivity index (χ1) is 5.86. The molecule has 1 rings (SSSR count). The SMILES string of the molecule is CC1=CNC(C)(N)C(N)=C1C(C)C. The second kappa shape index (κ2) is 3.07. The molecule has 0 saturated carbocycles. The smallest absolute Gasteiger partial charge is 0.124 e. The van der Waals surface area contributed by atoms with E-state index in [1.165, 1.54) is 11.1 Å². The van der Waals surface area contributed by atoms with Crippen LogP contribution in [0, 0.1) is 5.92 Å². The fourth-order valence-electron chi connectivity index (χ4n) is 1.67. The van der Waals surface area contributed by atoms with E-state index in [-0.39, 0.29) is 0 Å². The van der Waals surface area contributed by atoms with Crippen molar-refractivity contribution in [3.05, 3.63) is 23.0 Å². The molecule has 3 heteroatoms. The Bertz CT molecular complexity index is 272. The molecular formula is C10H19N3. The van der Waals surface area contributed by atoms with Crippen molar-refractivity contribution in [2.45, 2.75) is 33.4 Å². The maximum absolute atomic E-state index is 6.00. The van der Waals surface area contributed by atoms with Crippen LogP contribution in [0.4, 0.5) is 0 Å². The van der Waals surface area contributed by atoms with Crippen molar-refractivity contribution in [3.8, 4) is 0 Å². The number of rotatable bonds is 1. The van der Waals surface area contributed by atoms with E-state index in [1.807, 2.05) is 20.0 Å². The van der Waals surface area contributed by atoms with E-state index in [9.17, 15) is 0 Å². The average molecular weight is 181 g/mol. The Labute approximate surface area is 79.9 Å². The van der Waals surface area contributed by atoms with Crippen molar-refractivity contribution in [1.82, 2.24) is 5.32 Å². The third-order valence-corrected chi connectivity index (χ3v) is 2.44. The lowest BCUT2D eigenvalue weighted by molar-refractivity contribution is 0.463. The zero-order valence-corrected chi connectivity index (χ0v) is 8.81. The third-order valence-electron chi connectivity index (χ3n) is 2.44. The van der Waals surface area contributed by atoms with Crippen LogP contribution in [0.3, 0.4) is 0 Å². The number of hydrogen-bond donors (Lipinski definition) is 3. The van der Waals surface area contributed by atoms with Gasteiger partial charge >= 0.3 is 0 Å². The molecular weight excluding hydrogens is 162 g/mol. The number of hydrogen-bond acceptors (Lipinski definition) is 3. The summed E-state index contributed by atoms with van der Waals surface area (Å²) in [6, 6.07) is 0. The van der Waals surface area contributed by atoms with Crippen molar-refractivity contribution in [2.24, 2.45) is 17.4 Å². The summed E-state index contributed by atoms with van der Waals surface area (Å²) in [5.41, 5.74) is 14.5. The molecule has 5 N–H and O–H groups in total. The molecule has 0 fully saturated rings. The Morgan fingerprint density at radius 1 is 1.46 bits per heavy atom. The number of allylic oxidation sites excluding steroid dienone is 2. The molecule has 0 bridgehead atoms. The van der Waals surface area contributed by atoms with Gasteiger partial charge in [-0.25, -0.2) is 0 Å². The highest BCUT2D eigenvalue weighted by Gasteiger charge is 2.28. The molecule has 0 saturated heterocycles. The van der Waals surface area contributed by atoms with Crippen LogP contribution in [-0.2, 0) is 0 Å². The van der Waals surface area contributed by atoms with Crippen molar-refractivity contribution in [2.75, 3.05) is 0 Å². The van der Waals surface area contributed by atoms with Crippen LogP contribution in [-0.4, -0.2) is 5.66 Å². The fourth-order valence-corrected chi connectivity index (χ4v) is 1.67. The average Bonchev–Trinajstić information content (AvgIpc) is 1.98. The van der Waals surface area contributed by atoms with Crippen molar-refractivity contribution in [3.63, 3.8) is 0 Å². The highest BCUT2D eigenvalue weighted by atomic mass is 15.1. The van der Waals surface area contributed by atoms with Gasteiger partial charge in [-0.15, -0.1) is 0 Å². The maximum atomic E-state index is 6.00. The minimum atomic E-state index is -0.598. The van der Waals surface area contributed by atoms with Gasteiger partial charge in [0.1, 0.15) is 5.66 Å². The van der Waals surface area contributed by atoms with Crippen molar-refractivity contribution in [1.29, 1.82) is 0 Å². The first-order valence-corrected chi connectivity index (χ1v) is 4.60. The van der Waals surface area contributed by atoms with Gasteiger partial charge in [0, 0.05) is 6.20 Å². The Hall–Kier alpha value is -0.960. The van der Waals surface area contributed by atoms with Crippen LogP contribution in [0.2, 0.25) is 0 Å². The summed E-state index contributed by atoms with van der Waals surface area (Å²) < 4.78 is 0. The normalized spacial score (nSPS) is 28.9. The summed E-state index contributed by atoms with van der Waals surface area (Å²) in [7, 11) is 0. The van der Waals surface area contributed by atoms with Gasteiger partial charge < -0.3 is 16.8 Å². The monoisotopic (exact) mass is 181 g/mol. The minimum absolute atomic E-state index is 0.418. The van der Waals surface area contributed by atoms with E-state index >= 15 is 0 Å². The largest absolute Gasteiger partial charge is 0.399 e. The molecule has 0 spiro atoms. The lowest BCUT2D eigenvalue weighted by Gasteiger charge is -2.34. The standard InChI is InChI=1S/C10H19N3/c1-6(2)8-7(3)5-13-10(4,12)9(8)11/h5-6,13H,11-12H2,1-4H3. The first kappa shape index (κ1) is 10.1. The molecule has 13 heavy (non-hydrogen) atoms. The van der Waals surface area contributed by atoms with E-state index in [0.29, 0.717) is 5.92 Å². The third kappa shape index (κ3) is 1.70. The molecule has 0 radical (unpaired) electrons. The molecule has 0 aliphatic carbocycles. The highest BCUT2D eigenvalue weighted by molar-refractivity contribution is 5.41. The van der Waals surface area contributed by atoms with Gasteiger partial charge in [-0.05, 0) is 30.9 Å². The van der Waals surface area contributed by atoms with Gasteiger partial charge in [0.05, 0.1) is 5.70 Å². The predicted molar refractivity (Wildman–Crippen MR) is 55.5 cm³/mol. The number of nitrogens with one attached hydrogen (secondary N) is 1. The van der Waals surface area contributed by atoms with E-state index in [0.717, 1.165) is 5.70 Å². The Balaban J connectivity index is 3.17. The summed E-state index contributed by atoms with van der Waals surface area (Å²) in [4.78, 5) is 0. The highest BCUT2D eigenvalue weighted by Crippen LogP contribution is 2.27. The molecule has 0 amide bonds. The van der Waals surface area contributed by atoms with Crippen LogP contribution in [0.15, 0.2) is 23.0 Å². The molecule has 74 valence electrons. The molecule has 3 nitrogen and oxygen atoms in total. The van der Waals surface area contributed by atoms with Gasteiger partial charge in [0.15, 0.2) is 0 Å². The van der Waals surface area contributed by atoms with E-state index in [4.69, 9.17) is 11.5 Å². The second-order valence-corrected chi connectivity index (χ2v) is 4.16. The molecule has 0 aromatic rings.